The Bertz CT molecular complexity index is 161. The first-order chi connectivity index (χ1) is 3.43. The maximum Gasteiger partial charge on any atom is 0.173 e. The fourth-order valence-corrected chi connectivity index (χ4v) is 0.449. The molecule has 1 heterocycles. The van der Waals surface area contributed by atoms with Crippen LogP contribution in [0, 0.1) is 11.3 Å². The highest BCUT2D eigenvalue weighted by Crippen LogP contribution is 1.98. The van der Waals surface area contributed by atoms with Crippen LogP contribution in [0.1, 0.15) is 0 Å². The van der Waals surface area contributed by atoms with Crippen LogP contribution in [0.25, 0.3) is 0 Å². The summed E-state index contributed by atoms with van der Waals surface area (Å²) in [7, 11) is 1.85. The first-order valence-corrected chi connectivity index (χ1v) is 2.05. The molecule has 0 fully saturated rings. The Morgan fingerprint density at radius 1 is 1.71 bits per heavy atom. The summed E-state index contributed by atoms with van der Waals surface area (Å²) in [5.41, 5.74) is 0.736. The summed E-state index contributed by atoms with van der Waals surface area (Å²) < 4.78 is 0. The van der Waals surface area contributed by atoms with Crippen LogP contribution in [0.3, 0.4) is 0 Å². The highest BCUT2D eigenvalue weighted by Gasteiger charge is 1.92. The standard InChI is InChI=1S/C5H3BN/c7-4-5-1-2-6-3-5/h1-3H. The van der Waals surface area contributed by atoms with Gasteiger partial charge in [0.15, 0.2) is 7.28 Å². The lowest BCUT2D eigenvalue weighted by Gasteiger charge is -1.69. The summed E-state index contributed by atoms with van der Waals surface area (Å²) in [4.78, 5) is 0. The van der Waals surface area contributed by atoms with Crippen LogP contribution in [-0.4, -0.2) is 7.28 Å². The Balaban J connectivity index is 2.75. The van der Waals surface area contributed by atoms with Crippen LogP contribution in [0.4, 0.5) is 0 Å². The highest BCUT2D eigenvalue weighted by molar-refractivity contribution is 6.50. The quantitative estimate of drug-likeness (QED) is 0.398. The third-order valence-electron chi connectivity index (χ3n) is 0.792. The van der Waals surface area contributed by atoms with Gasteiger partial charge in [-0.1, -0.05) is 12.1 Å². The second kappa shape index (κ2) is 1.66. The average Bonchev–Trinajstić information content (AvgIpc) is 2.14. The van der Waals surface area contributed by atoms with Gasteiger partial charge in [0, 0.05) is 5.57 Å². The van der Waals surface area contributed by atoms with E-state index in [-0.39, 0.29) is 0 Å². The molecule has 0 N–H and O–H groups in total. The average molecular weight is 87.9 g/mol. The molecule has 0 atom stereocenters. The highest BCUT2D eigenvalue weighted by atomic mass is 14.2. The van der Waals surface area contributed by atoms with Gasteiger partial charge in [-0.05, 0) is 0 Å². The summed E-state index contributed by atoms with van der Waals surface area (Å²) in [5, 5.41) is 8.18. The van der Waals surface area contributed by atoms with Gasteiger partial charge in [-0.25, -0.2) is 0 Å². The largest absolute Gasteiger partial charge is 0.192 e. The van der Waals surface area contributed by atoms with E-state index in [4.69, 9.17) is 5.26 Å². The van der Waals surface area contributed by atoms with Crippen molar-refractivity contribution in [2.45, 2.75) is 0 Å². The molecule has 31 valence electrons. The molecular weight excluding hydrogens is 84.9 g/mol. The van der Waals surface area contributed by atoms with E-state index in [9.17, 15) is 0 Å². The molecule has 0 aliphatic carbocycles. The van der Waals surface area contributed by atoms with Crippen molar-refractivity contribution >= 4 is 7.28 Å². The number of hydrogen-bond acceptors (Lipinski definition) is 1. The minimum Gasteiger partial charge on any atom is -0.192 e. The lowest BCUT2D eigenvalue weighted by molar-refractivity contribution is 1.51. The molecule has 0 aromatic carbocycles. The van der Waals surface area contributed by atoms with Crippen molar-refractivity contribution in [3.8, 4) is 6.07 Å². The molecule has 0 saturated carbocycles. The van der Waals surface area contributed by atoms with E-state index in [1.54, 1.807) is 12.1 Å². The zero-order valence-electron chi connectivity index (χ0n) is 3.76. The minimum absolute atomic E-state index is 0.736. The molecule has 2 heteroatoms. The predicted molar refractivity (Wildman–Crippen MR) is 28.6 cm³/mol. The SMILES string of the molecule is N#CC1=C[B]C=C1. The zero-order chi connectivity index (χ0) is 5.11. The number of nitriles is 1. The molecule has 1 aliphatic heterocycles. The van der Waals surface area contributed by atoms with Crippen LogP contribution in [-0.2, 0) is 0 Å². The van der Waals surface area contributed by atoms with E-state index < -0.39 is 0 Å². The van der Waals surface area contributed by atoms with Crippen molar-refractivity contribution in [2.24, 2.45) is 0 Å². The van der Waals surface area contributed by atoms with E-state index in [2.05, 4.69) is 0 Å². The van der Waals surface area contributed by atoms with E-state index in [1.807, 2.05) is 19.3 Å². The summed E-state index contributed by atoms with van der Waals surface area (Å²) in [6.45, 7) is 0. The van der Waals surface area contributed by atoms with Crippen molar-refractivity contribution in [3.63, 3.8) is 0 Å². The first-order valence-electron chi connectivity index (χ1n) is 2.05. The van der Waals surface area contributed by atoms with Gasteiger partial charge in [0.25, 0.3) is 0 Å². The van der Waals surface area contributed by atoms with Gasteiger partial charge in [-0.3, -0.25) is 0 Å². The number of allylic oxidation sites excluding steroid dienone is 2. The van der Waals surface area contributed by atoms with Gasteiger partial charge in [-0.15, -0.1) is 5.98 Å². The molecule has 0 unspecified atom stereocenters. The molecule has 0 saturated heterocycles. The monoisotopic (exact) mass is 88.0 g/mol. The number of rotatable bonds is 0. The molecule has 0 bridgehead atoms. The smallest absolute Gasteiger partial charge is 0.173 e. The molecule has 0 amide bonds. The maximum absolute atomic E-state index is 8.18. The van der Waals surface area contributed by atoms with Crippen LogP contribution >= 0.6 is 0 Å². The summed E-state index contributed by atoms with van der Waals surface area (Å²) in [5.74, 6) is 3.62. The maximum atomic E-state index is 8.18. The van der Waals surface area contributed by atoms with E-state index >= 15 is 0 Å². The lowest BCUT2D eigenvalue weighted by atomic mass is 9.82. The Hall–Kier alpha value is -0.965. The van der Waals surface area contributed by atoms with Crippen LogP contribution in [0.5, 0.6) is 0 Å². The molecule has 0 spiro atoms. The van der Waals surface area contributed by atoms with Gasteiger partial charge in [-0.2, -0.15) is 5.26 Å². The van der Waals surface area contributed by atoms with Gasteiger partial charge >= 0.3 is 0 Å². The van der Waals surface area contributed by atoms with Crippen molar-refractivity contribution in [1.82, 2.24) is 0 Å². The lowest BCUT2D eigenvalue weighted by Crippen LogP contribution is -1.66. The first kappa shape index (κ1) is 4.20. The molecule has 1 radical (unpaired) electrons. The predicted octanol–water partition coefficient (Wildman–Crippen LogP) is 0.625. The number of hydrogen-bond donors (Lipinski definition) is 0. The molecule has 7 heavy (non-hydrogen) atoms. The van der Waals surface area contributed by atoms with Gasteiger partial charge in [0.05, 0.1) is 6.07 Å². The van der Waals surface area contributed by atoms with E-state index in [0.717, 1.165) is 5.57 Å². The summed E-state index contributed by atoms with van der Waals surface area (Å²) >= 11 is 0. The third-order valence-corrected chi connectivity index (χ3v) is 0.792. The number of nitrogens with zero attached hydrogens (tertiary/aromatic N) is 1. The molecule has 1 nitrogen and oxygen atoms in total. The van der Waals surface area contributed by atoms with Gasteiger partial charge in [0.2, 0.25) is 0 Å². The van der Waals surface area contributed by atoms with Gasteiger partial charge < -0.3 is 0 Å². The zero-order valence-corrected chi connectivity index (χ0v) is 3.76. The summed E-state index contributed by atoms with van der Waals surface area (Å²) in [6, 6.07) is 2.01. The van der Waals surface area contributed by atoms with Crippen molar-refractivity contribution in [3.05, 3.63) is 23.6 Å². The Morgan fingerprint density at radius 2 is 2.57 bits per heavy atom. The fraction of sp³-hybridized carbons (Fsp3) is 0. The molecule has 1 rings (SSSR count). The van der Waals surface area contributed by atoms with Crippen molar-refractivity contribution < 1.29 is 0 Å². The fourth-order valence-electron chi connectivity index (χ4n) is 0.449. The molecular formula is C5H3BN. The Kier molecular flexibility index (Phi) is 0.994. The minimum atomic E-state index is 0.736. The van der Waals surface area contributed by atoms with Crippen LogP contribution in [0.2, 0.25) is 0 Å². The molecule has 1 aliphatic rings. The van der Waals surface area contributed by atoms with Crippen molar-refractivity contribution in [2.75, 3.05) is 0 Å². The van der Waals surface area contributed by atoms with Crippen LogP contribution in [0.15, 0.2) is 23.6 Å². The molecule has 0 aromatic rings. The second-order valence-electron chi connectivity index (χ2n) is 1.29. The molecule has 0 aromatic heterocycles. The normalized spacial score (nSPS) is 15.0. The summed E-state index contributed by atoms with van der Waals surface area (Å²) in [6.07, 6.45) is 1.78. The topological polar surface area (TPSA) is 23.8 Å². The van der Waals surface area contributed by atoms with E-state index in [0.29, 0.717) is 0 Å². The van der Waals surface area contributed by atoms with Crippen molar-refractivity contribution in [1.29, 1.82) is 5.26 Å². The van der Waals surface area contributed by atoms with E-state index in [1.165, 1.54) is 0 Å². The third kappa shape index (κ3) is 0.718. The Morgan fingerprint density at radius 3 is 2.86 bits per heavy atom. The second-order valence-corrected chi connectivity index (χ2v) is 1.29. The Labute approximate surface area is 43.2 Å². The van der Waals surface area contributed by atoms with Crippen LogP contribution < -0.4 is 0 Å². The van der Waals surface area contributed by atoms with Gasteiger partial charge in [0.1, 0.15) is 0 Å².